The minimum absolute atomic E-state index is 0.907. The molecule has 2 aliphatic rings. The van der Waals surface area contributed by atoms with Gasteiger partial charge in [-0.1, -0.05) is 26.0 Å². The second kappa shape index (κ2) is 2.66. The van der Waals surface area contributed by atoms with Crippen LogP contribution in [-0.2, 0) is 0 Å². The lowest BCUT2D eigenvalue weighted by Gasteiger charge is -2.21. The second-order valence-electron chi connectivity index (χ2n) is 4.48. The van der Waals surface area contributed by atoms with Crippen LogP contribution in [0.1, 0.15) is 33.1 Å². The molecule has 0 radical (unpaired) electrons. The molecule has 0 aromatic carbocycles. The van der Waals surface area contributed by atoms with E-state index in [4.69, 9.17) is 0 Å². The molecule has 2 rings (SSSR count). The van der Waals surface area contributed by atoms with E-state index in [1.165, 1.54) is 19.3 Å². The average molecular weight is 150 g/mol. The summed E-state index contributed by atoms with van der Waals surface area (Å²) in [5, 5.41) is 0. The zero-order chi connectivity index (χ0) is 7.84. The van der Waals surface area contributed by atoms with Gasteiger partial charge < -0.3 is 0 Å². The third-order valence-corrected chi connectivity index (χ3v) is 3.58. The lowest BCUT2D eigenvalue weighted by molar-refractivity contribution is 0.284. The Bertz CT molecular complexity index is 167. The van der Waals surface area contributed by atoms with Gasteiger partial charge in [0.1, 0.15) is 0 Å². The summed E-state index contributed by atoms with van der Waals surface area (Å²) in [6.45, 7) is 4.76. The van der Waals surface area contributed by atoms with Crippen LogP contribution < -0.4 is 0 Å². The van der Waals surface area contributed by atoms with Crippen LogP contribution in [-0.4, -0.2) is 0 Å². The van der Waals surface area contributed by atoms with E-state index in [9.17, 15) is 0 Å². The first-order valence-corrected chi connectivity index (χ1v) is 4.95. The van der Waals surface area contributed by atoms with Crippen molar-refractivity contribution in [2.75, 3.05) is 0 Å². The molecular weight excluding hydrogens is 132 g/mol. The van der Waals surface area contributed by atoms with E-state index < -0.39 is 0 Å². The van der Waals surface area contributed by atoms with Crippen molar-refractivity contribution in [3.05, 3.63) is 12.2 Å². The Kier molecular flexibility index (Phi) is 1.78. The van der Waals surface area contributed by atoms with Crippen LogP contribution in [0.4, 0.5) is 0 Å². The normalized spacial score (nSPS) is 41.9. The Morgan fingerprint density at radius 2 is 2.09 bits per heavy atom. The van der Waals surface area contributed by atoms with Gasteiger partial charge >= 0.3 is 0 Å². The summed E-state index contributed by atoms with van der Waals surface area (Å²) in [5.41, 5.74) is 0. The van der Waals surface area contributed by atoms with Crippen molar-refractivity contribution < 1.29 is 0 Å². The molecule has 0 heteroatoms. The zero-order valence-electron chi connectivity index (χ0n) is 7.59. The third-order valence-electron chi connectivity index (χ3n) is 3.58. The Morgan fingerprint density at radius 1 is 1.27 bits per heavy atom. The van der Waals surface area contributed by atoms with Crippen LogP contribution in [0.3, 0.4) is 0 Å². The monoisotopic (exact) mass is 150 g/mol. The fraction of sp³-hybridized carbons (Fsp3) is 0.818. The second-order valence-corrected chi connectivity index (χ2v) is 4.48. The predicted octanol–water partition coefficient (Wildman–Crippen LogP) is 3.24. The lowest BCUT2D eigenvalue weighted by atomic mass is 9.83. The van der Waals surface area contributed by atoms with Crippen LogP contribution in [0.25, 0.3) is 0 Å². The minimum atomic E-state index is 0.907. The SMILES string of the molecule is CC(C)C1CCC2C=CCC21. The van der Waals surface area contributed by atoms with E-state index in [0.29, 0.717) is 0 Å². The van der Waals surface area contributed by atoms with E-state index in [1.807, 2.05) is 0 Å². The molecule has 1 fully saturated rings. The quantitative estimate of drug-likeness (QED) is 0.503. The summed E-state index contributed by atoms with van der Waals surface area (Å²) < 4.78 is 0. The molecule has 0 aliphatic heterocycles. The molecule has 0 aromatic rings. The van der Waals surface area contributed by atoms with Gasteiger partial charge in [-0.15, -0.1) is 0 Å². The first-order chi connectivity index (χ1) is 5.29. The Hall–Kier alpha value is -0.260. The van der Waals surface area contributed by atoms with Gasteiger partial charge in [0.05, 0.1) is 0 Å². The average Bonchev–Trinajstić information content (AvgIpc) is 2.41. The summed E-state index contributed by atoms with van der Waals surface area (Å²) in [5.74, 6) is 3.91. The van der Waals surface area contributed by atoms with E-state index in [-0.39, 0.29) is 0 Å². The molecule has 2 aliphatic carbocycles. The molecule has 0 amide bonds. The van der Waals surface area contributed by atoms with E-state index >= 15 is 0 Å². The van der Waals surface area contributed by atoms with Gasteiger partial charge in [0.15, 0.2) is 0 Å². The van der Waals surface area contributed by atoms with Crippen LogP contribution in [0, 0.1) is 23.7 Å². The highest BCUT2D eigenvalue weighted by Gasteiger charge is 2.37. The Morgan fingerprint density at radius 3 is 2.82 bits per heavy atom. The lowest BCUT2D eigenvalue weighted by Crippen LogP contribution is -2.15. The zero-order valence-corrected chi connectivity index (χ0v) is 7.59. The summed E-state index contributed by atoms with van der Waals surface area (Å²) >= 11 is 0. The number of allylic oxidation sites excluding steroid dienone is 2. The summed E-state index contributed by atoms with van der Waals surface area (Å²) in [6.07, 6.45) is 9.16. The highest BCUT2D eigenvalue weighted by molar-refractivity contribution is 5.06. The van der Waals surface area contributed by atoms with E-state index in [1.54, 1.807) is 0 Å². The van der Waals surface area contributed by atoms with E-state index in [2.05, 4.69) is 26.0 Å². The van der Waals surface area contributed by atoms with Crippen molar-refractivity contribution in [3.63, 3.8) is 0 Å². The van der Waals surface area contributed by atoms with Crippen molar-refractivity contribution in [2.24, 2.45) is 23.7 Å². The maximum absolute atomic E-state index is 2.45. The highest BCUT2D eigenvalue weighted by atomic mass is 14.4. The highest BCUT2D eigenvalue weighted by Crippen LogP contribution is 2.46. The molecule has 3 atom stereocenters. The molecule has 0 nitrogen and oxygen atoms in total. The van der Waals surface area contributed by atoms with Crippen molar-refractivity contribution in [1.82, 2.24) is 0 Å². The standard InChI is InChI=1S/C11H18/c1-8(2)10-7-6-9-4-3-5-11(9)10/h3-4,8-11H,5-7H2,1-2H3. The Balaban J connectivity index is 2.06. The number of hydrogen-bond donors (Lipinski definition) is 0. The molecule has 1 saturated carbocycles. The molecule has 62 valence electrons. The fourth-order valence-corrected chi connectivity index (χ4v) is 2.96. The van der Waals surface area contributed by atoms with Gasteiger partial charge in [-0.2, -0.15) is 0 Å². The van der Waals surface area contributed by atoms with Gasteiger partial charge in [0.25, 0.3) is 0 Å². The maximum atomic E-state index is 2.45. The molecule has 0 aromatic heterocycles. The fourth-order valence-electron chi connectivity index (χ4n) is 2.96. The number of hydrogen-bond acceptors (Lipinski definition) is 0. The van der Waals surface area contributed by atoms with E-state index in [0.717, 1.165) is 23.7 Å². The van der Waals surface area contributed by atoms with Gasteiger partial charge in [0, 0.05) is 0 Å². The largest absolute Gasteiger partial charge is 0.0879 e. The summed E-state index contributed by atoms with van der Waals surface area (Å²) in [7, 11) is 0. The first-order valence-electron chi connectivity index (χ1n) is 4.95. The van der Waals surface area contributed by atoms with Gasteiger partial charge in [-0.3, -0.25) is 0 Å². The van der Waals surface area contributed by atoms with Crippen molar-refractivity contribution in [2.45, 2.75) is 33.1 Å². The summed E-state index contributed by atoms with van der Waals surface area (Å²) in [4.78, 5) is 0. The molecule has 0 N–H and O–H groups in total. The maximum Gasteiger partial charge on any atom is -0.0199 e. The van der Waals surface area contributed by atoms with Crippen molar-refractivity contribution in [1.29, 1.82) is 0 Å². The molecule has 0 bridgehead atoms. The van der Waals surface area contributed by atoms with Crippen molar-refractivity contribution in [3.8, 4) is 0 Å². The molecule has 0 spiro atoms. The molecular formula is C11H18. The number of fused-ring (bicyclic) bond motifs is 1. The minimum Gasteiger partial charge on any atom is -0.0879 e. The third kappa shape index (κ3) is 1.13. The number of rotatable bonds is 1. The summed E-state index contributed by atoms with van der Waals surface area (Å²) in [6, 6.07) is 0. The van der Waals surface area contributed by atoms with Gasteiger partial charge in [-0.05, 0) is 42.9 Å². The van der Waals surface area contributed by atoms with Crippen LogP contribution in [0.15, 0.2) is 12.2 Å². The smallest absolute Gasteiger partial charge is 0.0199 e. The molecule has 3 unspecified atom stereocenters. The predicted molar refractivity (Wildman–Crippen MR) is 48.3 cm³/mol. The van der Waals surface area contributed by atoms with Gasteiger partial charge in [0.2, 0.25) is 0 Å². The molecule has 11 heavy (non-hydrogen) atoms. The Labute approximate surface area is 69.7 Å². The first kappa shape index (κ1) is 7.39. The van der Waals surface area contributed by atoms with Crippen LogP contribution in [0.5, 0.6) is 0 Å². The molecule has 0 saturated heterocycles. The van der Waals surface area contributed by atoms with Crippen LogP contribution in [0.2, 0.25) is 0 Å². The van der Waals surface area contributed by atoms with Gasteiger partial charge in [-0.25, -0.2) is 0 Å². The molecule has 0 heterocycles. The van der Waals surface area contributed by atoms with Crippen LogP contribution >= 0.6 is 0 Å². The van der Waals surface area contributed by atoms with Crippen molar-refractivity contribution >= 4 is 0 Å². The topological polar surface area (TPSA) is 0 Å².